The number of benzene rings is 2. The summed E-state index contributed by atoms with van der Waals surface area (Å²) < 4.78 is 17.8. The quantitative estimate of drug-likeness (QED) is 0.346. The summed E-state index contributed by atoms with van der Waals surface area (Å²) in [5.74, 6) is 2.07. The van der Waals surface area contributed by atoms with Gasteiger partial charge >= 0.3 is 0 Å². The number of aromatic nitrogens is 3. The van der Waals surface area contributed by atoms with E-state index in [9.17, 15) is 4.79 Å². The molecule has 0 bridgehead atoms. The molecule has 0 aliphatic carbocycles. The van der Waals surface area contributed by atoms with Crippen molar-refractivity contribution in [2.24, 2.45) is 0 Å². The van der Waals surface area contributed by atoms with E-state index in [1.807, 2.05) is 36.4 Å². The predicted molar refractivity (Wildman–Crippen MR) is 126 cm³/mol. The normalized spacial score (nSPS) is 11.2. The van der Waals surface area contributed by atoms with E-state index in [4.69, 9.17) is 14.0 Å². The molecule has 0 unspecified atom stereocenters. The molecule has 0 radical (unpaired) electrons. The van der Waals surface area contributed by atoms with Gasteiger partial charge in [-0.25, -0.2) is 0 Å². The van der Waals surface area contributed by atoms with Crippen molar-refractivity contribution in [2.75, 3.05) is 20.3 Å². The summed E-state index contributed by atoms with van der Waals surface area (Å²) >= 11 is 0. The molecule has 2 aromatic carbocycles. The van der Waals surface area contributed by atoms with E-state index in [-0.39, 0.29) is 5.56 Å². The summed E-state index contributed by atoms with van der Waals surface area (Å²) in [7, 11) is 1.63. The Balaban J connectivity index is 1.53. The molecule has 7 heteroatoms. The predicted octanol–water partition coefficient (Wildman–Crippen LogP) is 4.76. The van der Waals surface area contributed by atoms with Crippen LogP contribution in [0.15, 0.2) is 76.2 Å². The fourth-order valence-electron chi connectivity index (χ4n) is 3.43. The van der Waals surface area contributed by atoms with Gasteiger partial charge in [-0.3, -0.25) is 4.79 Å². The zero-order valence-electron chi connectivity index (χ0n) is 19.0. The molecule has 33 heavy (non-hydrogen) atoms. The summed E-state index contributed by atoms with van der Waals surface area (Å²) in [5.41, 5.74) is 3.65. The molecule has 2 aromatic heterocycles. The van der Waals surface area contributed by atoms with Crippen LogP contribution in [-0.4, -0.2) is 35.0 Å². The largest absolute Gasteiger partial charge is 0.491 e. The molecule has 0 saturated heterocycles. The highest BCUT2D eigenvalue weighted by atomic mass is 16.5. The lowest BCUT2D eigenvalue weighted by Gasteiger charge is -2.10. The van der Waals surface area contributed by atoms with E-state index in [0.29, 0.717) is 43.0 Å². The smallest absolute Gasteiger partial charge is 0.258 e. The van der Waals surface area contributed by atoms with Crippen LogP contribution < -0.4 is 10.3 Å². The molecule has 0 fully saturated rings. The van der Waals surface area contributed by atoms with Gasteiger partial charge in [0.05, 0.1) is 13.2 Å². The molecule has 0 spiro atoms. The maximum Gasteiger partial charge on any atom is 0.258 e. The Labute approximate surface area is 192 Å². The number of nitrogens with zero attached hydrogens (tertiary/aromatic N) is 3. The SMILES string of the molecule is COCCOc1cccc(Cn2cc(-c3noc(-c4ccc(C(C)C)cc4)n3)ccc2=O)c1. The Hall–Kier alpha value is -3.71. The molecule has 0 saturated carbocycles. The molecule has 4 aromatic rings. The van der Waals surface area contributed by atoms with E-state index in [1.165, 1.54) is 11.6 Å². The van der Waals surface area contributed by atoms with E-state index in [2.05, 4.69) is 36.1 Å². The summed E-state index contributed by atoms with van der Waals surface area (Å²) in [5, 5.41) is 4.12. The lowest BCUT2D eigenvalue weighted by Crippen LogP contribution is -2.19. The van der Waals surface area contributed by atoms with Gasteiger partial charge in [-0.1, -0.05) is 43.3 Å². The summed E-state index contributed by atoms with van der Waals surface area (Å²) in [6.45, 7) is 5.68. The van der Waals surface area contributed by atoms with Crippen LogP contribution in [0, 0.1) is 0 Å². The Morgan fingerprint density at radius 1 is 1.00 bits per heavy atom. The summed E-state index contributed by atoms with van der Waals surface area (Å²) in [6.07, 6.45) is 1.75. The van der Waals surface area contributed by atoms with Crippen LogP contribution in [0.25, 0.3) is 22.8 Å². The summed E-state index contributed by atoms with van der Waals surface area (Å²) in [4.78, 5) is 17.0. The molecule has 170 valence electrons. The zero-order chi connectivity index (χ0) is 23.2. The second kappa shape index (κ2) is 10.3. The first-order valence-electron chi connectivity index (χ1n) is 10.9. The molecule has 2 heterocycles. The van der Waals surface area contributed by atoms with E-state index < -0.39 is 0 Å². The minimum Gasteiger partial charge on any atom is -0.491 e. The fraction of sp³-hybridized carbons (Fsp3) is 0.269. The van der Waals surface area contributed by atoms with E-state index in [0.717, 1.165) is 16.9 Å². The van der Waals surface area contributed by atoms with Crippen LogP contribution in [-0.2, 0) is 11.3 Å². The van der Waals surface area contributed by atoms with Crippen molar-refractivity contribution >= 4 is 0 Å². The van der Waals surface area contributed by atoms with Crippen LogP contribution in [0.5, 0.6) is 5.75 Å². The molecule has 4 rings (SSSR count). The number of hydrogen-bond donors (Lipinski definition) is 0. The van der Waals surface area contributed by atoms with Crippen LogP contribution in [0.4, 0.5) is 0 Å². The molecule has 7 nitrogen and oxygen atoms in total. The van der Waals surface area contributed by atoms with E-state index in [1.54, 1.807) is 23.9 Å². The van der Waals surface area contributed by atoms with Gasteiger partial charge in [0.2, 0.25) is 5.82 Å². The highest BCUT2D eigenvalue weighted by Crippen LogP contribution is 2.24. The van der Waals surface area contributed by atoms with Crippen molar-refractivity contribution < 1.29 is 14.0 Å². The van der Waals surface area contributed by atoms with Crippen molar-refractivity contribution in [3.05, 3.63) is 88.3 Å². The number of ether oxygens (including phenoxy) is 2. The van der Waals surface area contributed by atoms with Gasteiger partial charge in [-0.15, -0.1) is 0 Å². The highest BCUT2D eigenvalue weighted by molar-refractivity contribution is 5.59. The summed E-state index contributed by atoms with van der Waals surface area (Å²) in [6, 6.07) is 19.0. The van der Waals surface area contributed by atoms with Crippen molar-refractivity contribution in [3.8, 4) is 28.6 Å². The molecule has 0 atom stereocenters. The Morgan fingerprint density at radius 2 is 1.79 bits per heavy atom. The first-order valence-corrected chi connectivity index (χ1v) is 10.9. The number of rotatable bonds is 9. The first-order chi connectivity index (χ1) is 16.0. The number of methoxy groups -OCH3 is 1. The topological polar surface area (TPSA) is 79.4 Å². The molecular formula is C26H27N3O4. The van der Waals surface area contributed by atoms with Crippen LogP contribution >= 0.6 is 0 Å². The van der Waals surface area contributed by atoms with Gasteiger partial charge < -0.3 is 18.6 Å². The van der Waals surface area contributed by atoms with Gasteiger partial charge in [0, 0.05) is 30.5 Å². The molecular weight excluding hydrogens is 418 g/mol. The maximum absolute atomic E-state index is 12.5. The third-order valence-corrected chi connectivity index (χ3v) is 5.30. The van der Waals surface area contributed by atoms with Gasteiger partial charge in [-0.05, 0) is 47.4 Å². The van der Waals surface area contributed by atoms with Gasteiger partial charge in [0.25, 0.3) is 11.4 Å². The average molecular weight is 446 g/mol. The standard InChI is InChI=1S/C26H27N3O4/c1-18(2)20-7-9-21(10-8-20)26-27-25(28-33-26)22-11-12-24(30)29(17-22)16-19-5-4-6-23(15-19)32-14-13-31-3/h4-12,15,17-18H,13-14,16H2,1-3H3. The van der Waals surface area contributed by atoms with Gasteiger partial charge in [0.1, 0.15) is 12.4 Å². The maximum atomic E-state index is 12.5. The van der Waals surface area contributed by atoms with Gasteiger partial charge in [0.15, 0.2) is 0 Å². The molecule has 0 aliphatic rings. The lowest BCUT2D eigenvalue weighted by molar-refractivity contribution is 0.146. The van der Waals surface area contributed by atoms with Crippen molar-refractivity contribution in [1.29, 1.82) is 0 Å². The Morgan fingerprint density at radius 3 is 2.55 bits per heavy atom. The molecule has 0 aliphatic heterocycles. The average Bonchev–Trinajstić information content (AvgIpc) is 3.31. The second-order valence-corrected chi connectivity index (χ2v) is 8.07. The Kier molecular flexibility index (Phi) is 7.00. The lowest BCUT2D eigenvalue weighted by atomic mass is 10.0. The fourth-order valence-corrected chi connectivity index (χ4v) is 3.43. The monoisotopic (exact) mass is 445 g/mol. The highest BCUT2D eigenvalue weighted by Gasteiger charge is 2.12. The Bertz CT molecular complexity index is 1260. The molecule has 0 amide bonds. The van der Waals surface area contributed by atoms with Crippen molar-refractivity contribution in [3.63, 3.8) is 0 Å². The number of hydrogen-bond acceptors (Lipinski definition) is 6. The zero-order valence-corrected chi connectivity index (χ0v) is 19.0. The van der Waals surface area contributed by atoms with Crippen LogP contribution in [0.1, 0.15) is 30.9 Å². The van der Waals surface area contributed by atoms with Crippen LogP contribution in [0.2, 0.25) is 0 Å². The van der Waals surface area contributed by atoms with Crippen LogP contribution in [0.3, 0.4) is 0 Å². The second-order valence-electron chi connectivity index (χ2n) is 8.07. The minimum atomic E-state index is -0.113. The van der Waals surface area contributed by atoms with Crippen molar-refractivity contribution in [1.82, 2.24) is 14.7 Å². The van der Waals surface area contributed by atoms with Gasteiger partial charge in [-0.2, -0.15) is 4.98 Å². The first kappa shape index (κ1) is 22.5. The molecule has 0 N–H and O–H groups in total. The van der Waals surface area contributed by atoms with Crippen molar-refractivity contribution in [2.45, 2.75) is 26.3 Å². The number of pyridine rings is 1. The third-order valence-electron chi connectivity index (χ3n) is 5.30. The van der Waals surface area contributed by atoms with E-state index >= 15 is 0 Å². The minimum absolute atomic E-state index is 0.113. The third kappa shape index (κ3) is 5.56.